The van der Waals surface area contributed by atoms with Crippen LogP contribution in [0.25, 0.3) is 0 Å². The molecule has 3 aliphatic heterocycles. The molecule has 0 spiro atoms. The summed E-state index contributed by atoms with van der Waals surface area (Å²) in [6.07, 6.45) is 5.31. The smallest absolute Gasteiger partial charge is 0.337 e. The summed E-state index contributed by atoms with van der Waals surface area (Å²) < 4.78 is 1.39. The molecule has 1 aromatic heterocycles. The second-order valence-electron chi connectivity index (χ2n) is 7.35. The normalized spacial score (nSPS) is 23.0. The van der Waals surface area contributed by atoms with E-state index in [0.717, 1.165) is 32.6 Å². The number of carbonyl (C=O) groups excluding carboxylic acids is 1. The fraction of sp³-hybridized carbons (Fsp3) is 0.450. The number of carbonyl (C=O) groups is 1. The van der Waals surface area contributed by atoms with E-state index in [1.807, 2.05) is 11.0 Å². The van der Waals surface area contributed by atoms with Crippen LogP contribution in [0.1, 0.15) is 18.4 Å². The number of piperidine rings is 1. The van der Waals surface area contributed by atoms with Gasteiger partial charge in [-0.3, -0.25) is 14.3 Å². The van der Waals surface area contributed by atoms with Crippen molar-refractivity contribution in [1.82, 2.24) is 19.4 Å². The molecule has 2 bridgehead atoms. The zero-order chi connectivity index (χ0) is 17.9. The van der Waals surface area contributed by atoms with E-state index in [4.69, 9.17) is 0 Å². The Morgan fingerprint density at radius 2 is 1.92 bits per heavy atom. The number of amides is 1. The Morgan fingerprint density at radius 3 is 2.73 bits per heavy atom. The van der Waals surface area contributed by atoms with Gasteiger partial charge in [-0.1, -0.05) is 30.3 Å². The van der Waals surface area contributed by atoms with E-state index >= 15 is 0 Å². The monoisotopic (exact) mass is 352 g/mol. The first-order chi connectivity index (χ1) is 12.7. The number of benzene rings is 1. The highest BCUT2D eigenvalue weighted by Gasteiger charge is 2.37. The minimum absolute atomic E-state index is 0.0244. The number of hydrogen-bond donors (Lipinski definition) is 0. The maximum Gasteiger partial charge on any atom is 0.347 e. The van der Waals surface area contributed by atoms with Crippen molar-refractivity contribution in [3.05, 3.63) is 64.8 Å². The van der Waals surface area contributed by atoms with E-state index in [0.29, 0.717) is 5.92 Å². The molecule has 3 saturated heterocycles. The first kappa shape index (κ1) is 17.0. The Bertz CT molecular complexity index is 820. The van der Waals surface area contributed by atoms with E-state index in [9.17, 15) is 9.59 Å². The first-order valence-corrected chi connectivity index (χ1v) is 9.26. The maximum atomic E-state index is 12.8. The van der Waals surface area contributed by atoms with E-state index in [2.05, 4.69) is 34.1 Å². The summed E-state index contributed by atoms with van der Waals surface area (Å²) in [6, 6.07) is 12.4. The van der Waals surface area contributed by atoms with Gasteiger partial charge in [0.2, 0.25) is 5.91 Å². The van der Waals surface area contributed by atoms with Crippen LogP contribution in [0.5, 0.6) is 0 Å². The van der Waals surface area contributed by atoms with Crippen LogP contribution in [0.2, 0.25) is 0 Å². The van der Waals surface area contributed by atoms with Crippen molar-refractivity contribution >= 4 is 5.91 Å². The molecule has 6 nitrogen and oxygen atoms in total. The summed E-state index contributed by atoms with van der Waals surface area (Å²) in [7, 11) is 0. The van der Waals surface area contributed by atoms with Crippen molar-refractivity contribution in [2.24, 2.45) is 5.92 Å². The lowest BCUT2D eigenvalue weighted by Crippen LogP contribution is -2.49. The molecule has 0 saturated carbocycles. The predicted octanol–water partition coefficient (Wildman–Crippen LogP) is 1.37. The molecule has 4 heterocycles. The van der Waals surface area contributed by atoms with Crippen molar-refractivity contribution in [1.29, 1.82) is 0 Å². The van der Waals surface area contributed by atoms with E-state index in [1.54, 1.807) is 12.3 Å². The lowest BCUT2D eigenvalue weighted by Gasteiger charge is -2.36. The van der Waals surface area contributed by atoms with Crippen LogP contribution in [-0.4, -0.2) is 50.9 Å². The molecule has 1 aromatic carbocycles. The number of aromatic nitrogens is 2. The molecular formula is C20H24N4O2. The SMILES string of the molecule is O=C(Cn1cccnc1=O)N1C[C@H]2CC[C@@H]1CN(Cc1ccccc1)C2. The molecule has 1 amide bonds. The minimum atomic E-state index is -0.369. The summed E-state index contributed by atoms with van der Waals surface area (Å²) >= 11 is 0. The number of fused-ring (bicyclic) bond motifs is 4. The van der Waals surface area contributed by atoms with E-state index in [-0.39, 0.29) is 24.2 Å². The van der Waals surface area contributed by atoms with Crippen molar-refractivity contribution in [2.45, 2.75) is 32.0 Å². The van der Waals surface area contributed by atoms with Crippen LogP contribution in [0.15, 0.2) is 53.6 Å². The fourth-order valence-electron chi connectivity index (χ4n) is 4.20. The van der Waals surface area contributed by atoms with Gasteiger partial charge >= 0.3 is 5.69 Å². The van der Waals surface area contributed by atoms with Gasteiger partial charge in [0.25, 0.3) is 0 Å². The summed E-state index contributed by atoms with van der Waals surface area (Å²) in [5.74, 6) is 0.531. The van der Waals surface area contributed by atoms with Gasteiger partial charge in [0, 0.05) is 44.6 Å². The van der Waals surface area contributed by atoms with Crippen LogP contribution in [0, 0.1) is 5.92 Å². The second kappa shape index (κ2) is 7.41. The Kier molecular flexibility index (Phi) is 4.84. The van der Waals surface area contributed by atoms with Crippen molar-refractivity contribution < 1.29 is 4.79 Å². The Labute approximate surface area is 153 Å². The summed E-state index contributed by atoms with van der Waals surface area (Å²) in [5.41, 5.74) is 0.945. The highest BCUT2D eigenvalue weighted by atomic mass is 16.2. The molecule has 3 aliphatic rings. The third-order valence-electron chi connectivity index (χ3n) is 5.45. The van der Waals surface area contributed by atoms with Gasteiger partial charge in [-0.15, -0.1) is 0 Å². The number of rotatable bonds is 4. The van der Waals surface area contributed by atoms with Crippen molar-refractivity contribution in [3.63, 3.8) is 0 Å². The van der Waals surface area contributed by atoms with Crippen molar-refractivity contribution in [2.75, 3.05) is 19.6 Å². The van der Waals surface area contributed by atoms with E-state index < -0.39 is 0 Å². The lowest BCUT2D eigenvalue weighted by atomic mass is 9.95. The van der Waals surface area contributed by atoms with Crippen LogP contribution in [0.3, 0.4) is 0 Å². The Balaban J connectivity index is 1.45. The van der Waals surface area contributed by atoms with Gasteiger partial charge in [-0.2, -0.15) is 0 Å². The highest BCUT2D eigenvalue weighted by Crippen LogP contribution is 2.29. The van der Waals surface area contributed by atoms with Crippen LogP contribution in [0.4, 0.5) is 0 Å². The zero-order valence-electron chi connectivity index (χ0n) is 14.8. The molecule has 5 rings (SSSR count). The number of hydrogen-bond acceptors (Lipinski definition) is 4. The van der Waals surface area contributed by atoms with Crippen LogP contribution in [-0.2, 0) is 17.9 Å². The molecule has 136 valence electrons. The molecule has 0 unspecified atom stereocenters. The third kappa shape index (κ3) is 3.70. The number of nitrogens with zero attached hydrogens (tertiary/aromatic N) is 4. The molecule has 2 aromatic rings. The van der Waals surface area contributed by atoms with Crippen LogP contribution >= 0.6 is 0 Å². The van der Waals surface area contributed by atoms with Crippen molar-refractivity contribution in [3.8, 4) is 0 Å². The summed E-state index contributed by atoms with van der Waals surface area (Å²) in [6.45, 7) is 3.73. The summed E-state index contributed by atoms with van der Waals surface area (Å²) in [5, 5.41) is 0. The molecule has 0 radical (unpaired) electrons. The van der Waals surface area contributed by atoms with E-state index in [1.165, 1.54) is 22.7 Å². The first-order valence-electron chi connectivity index (χ1n) is 9.26. The topological polar surface area (TPSA) is 58.4 Å². The molecule has 0 aliphatic carbocycles. The fourth-order valence-corrected chi connectivity index (χ4v) is 4.20. The van der Waals surface area contributed by atoms with Gasteiger partial charge in [0.15, 0.2) is 0 Å². The maximum absolute atomic E-state index is 12.8. The third-order valence-corrected chi connectivity index (χ3v) is 5.45. The predicted molar refractivity (Wildman–Crippen MR) is 98.4 cm³/mol. The Hall–Kier alpha value is -2.47. The zero-order valence-corrected chi connectivity index (χ0v) is 14.8. The quantitative estimate of drug-likeness (QED) is 0.834. The van der Waals surface area contributed by atoms with Gasteiger partial charge < -0.3 is 4.90 Å². The molecular weight excluding hydrogens is 328 g/mol. The molecule has 0 N–H and O–H groups in total. The molecule has 6 heteroatoms. The Morgan fingerprint density at radius 1 is 1.08 bits per heavy atom. The largest absolute Gasteiger partial charge is 0.347 e. The van der Waals surface area contributed by atoms with Gasteiger partial charge in [-0.25, -0.2) is 9.78 Å². The average molecular weight is 352 g/mol. The molecule has 2 atom stereocenters. The van der Waals surface area contributed by atoms with Crippen LogP contribution < -0.4 is 5.69 Å². The van der Waals surface area contributed by atoms with Gasteiger partial charge in [-0.05, 0) is 30.4 Å². The molecule has 3 fully saturated rings. The minimum Gasteiger partial charge on any atom is -0.337 e. The highest BCUT2D eigenvalue weighted by molar-refractivity contribution is 5.76. The standard InChI is InChI=1S/C20H24N4O2/c25-19(15-23-10-4-9-21-20(23)26)24-13-17-7-8-18(24)14-22(12-17)11-16-5-2-1-3-6-16/h1-6,9-10,17-18H,7-8,11-15H2/t17-,18+/m0/s1. The lowest BCUT2D eigenvalue weighted by molar-refractivity contribution is -0.136. The second-order valence-corrected chi connectivity index (χ2v) is 7.35. The molecule has 26 heavy (non-hydrogen) atoms. The average Bonchev–Trinajstić information content (AvgIpc) is 2.95. The summed E-state index contributed by atoms with van der Waals surface area (Å²) in [4.78, 5) is 32.8. The van der Waals surface area contributed by atoms with Gasteiger partial charge in [0.05, 0.1) is 0 Å². The van der Waals surface area contributed by atoms with Gasteiger partial charge in [0.1, 0.15) is 6.54 Å².